The van der Waals surface area contributed by atoms with Gasteiger partial charge in [-0.3, -0.25) is 19.3 Å². The predicted molar refractivity (Wildman–Crippen MR) is 80.2 cm³/mol. The van der Waals surface area contributed by atoms with Gasteiger partial charge in [0.05, 0.1) is 13.7 Å². The highest BCUT2D eigenvalue weighted by Crippen LogP contribution is 2.18. The topological polar surface area (TPSA) is 102 Å². The fourth-order valence-corrected chi connectivity index (χ4v) is 2.74. The SMILES string of the molecule is COc1ccc(OC2CCN(C(=O)CN3C(=O)CCC3=O)C2)nn1. The van der Waals surface area contributed by atoms with Crippen LogP contribution in [0.4, 0.5) is 0 Å². The van der Waals surface area contributed by atoms with E-state index in [1.54, 1.807) is 17.0 Å². The van der Waals surface area contributed by atoms with E-state index < -0.39 is 0 Å². The fraction of sp³-hybridized carbons (Fsp3) is 0.533. The minimum atomic E-state index is -0.283. The molecule has 2 fully saturated rings. The number of ether oxygens (including phenoxy) is 2. The Balaban J connectivity index is 1.51. The molecular formula is C15H18N4O5. The molecule has 0 saturated carbocycles. The van der Waals surface area contributed by atoms with E-state index in [0.29, 0.717) is 31.3 Å². The van der Waals surface area contributed by atoms with Gasteiger partial charge in [-0.1, -0.05) is 0 Å². The van der Waals surface area contributed by atoms with E-state index in [4.69, 9.17) is 9.47 Å². The van der Waals surface area contributed by atoms with Gasteiger partial charge in [-0.25, -0.2) is 0 Å². The van der Waals surface area contributed by atoms with Gasteiger partial charge < -0.3 is 14.4 Å². The Hall–Kier alpha value is -2.71. The van der Waals surface area contributed by atoms with Crippen LogP contribution in [0, 0.1) is 0 Å². The van der Waals surface area contributed by atoms with Crippen LogP contribution in [0.1, 0.15) is 19.3 Å². The van der Waals surface area contributed by atoms with Crippen LogP contribution in [0.15, 0.2) is 12.1 Å². The monoisotopic (exact) mass is 334 g/mol. The van der Waals surface area contributed by atoms with Crippen molar-refractivity contribution in [3.05, 3.63) is 12.1 Å². The molecule has 1 atom stereocenters. The van der Waals surface area contributed by atoms with Crippen LogP contribution in [0.3, 0.4) is 0 Å². The average molecular weight is 334 g/mol. The molecular weight excluding hydrogens is 316 g/mol. The van der Waals surface area contributed by atoms with E-state index in [0.717, 1.165) is 4.90 Å². The highest BCUT2D eigenvalue weighted by molar-refractivity contribution is 6.04. The first-order valence-corrected chi connectivity index (χ1v) is 7.72. The number of hydrogen-bond acceptors (Lipinski definition) is 7. The molecule has 3 rings (SSSR count). The molecule has 2 aliphatic rings. The largest absolute Gasteiger partial charge is 0.480 e. The number of carbonyl (C=O) groups is 3. The average Bonchev–Trinajstić information content (AvgIpc) is 3.17. The van der Waals surface area contributed by atoms with Gasteiger partial charge in [0.15, 0.2) is 0 Å². The number of rotatable bonds is 5. The standard InChI is InChI=1S/C15H18N4O5/c1-23-11-2-3-12(17-16-11)24-10-6-7-18(8-10)15(22)9-19-13(20)4-5-14(19)21/h2-3,10H,4-9H2,1H3. The van der Waals surface area contributed by atoms with Crippen molar-refractivity contribution in [3.8, 4) is 11.8 Å². The number of likely N-dealkylation sites (tertiary alicyclic amines) is 2. The summed E-state index contributed by atoms with van der Waals surface area (Å²) in [6.07, 6.45) is 0.838. The molecule has 0 N–H and O–H groups in total. The number of nitrogens with zero attached hydrogens (tertiary/aromatic N) is 4. The Bertz CT molecular complexity index is 632. The lowest BCUT2D eigenvalue weighted by molar-refractivity contribution is -0.145. The van der Waals surface area contributed by atoms with Crippen molar-refractivity contribution in [3.63, 3.8) is 0 Å². The summed E-state index contributed by atoms with van der Waals surface area (Å²) in [7, 11) is 1.50. The molecule has 9 nitrogen and oxygen atoms in total. The van der Waals surface area contributed by atoms with Gasteiger partial charge in [0.2, 0.25) is 29.5 Å². The lowest BCUT2D eigenvalue weighted by Gasteiger charge is -2.20. The van der Waals surface area contributed by atoms with Crippen molar-refractivity contribution >= 4 is 17.7 Å². The van der Waals surface area contributed by atoms with Crippen LogP contribution in [-0.2, 0) is 14.4 Å². The fourth-order valence-electron chi connectivity index (χ4n) is 2.74. The summed E-state index contributed by atoms with van der Waals surface area (Å²) in [6.45, 7) is 0.721. The summed E-state index contributed by atoms with van der Waals surface area (Å²) in [5.41, 5.74) is 0. The summed E-state index contributed by atoms with van der Waals surface area (Å²) in [5.74, 6) is -0.0567. The number of methoxy groups -OCH3 is 1. The maximum Gasteiger partial charge on any atom is 0.242 e. The van der Waals surface area contributed by atoms with Crippen LogP contribution in [0.2, 0.25) is 0 Å². The molecule has 24 heavy (non-hydrogen) atoms. The van der Waals surface area contributed by atoms with Gasteiger partial charge in [-0.05, 0) is 0 Å². The van der Waals surface area contributed by atoms with Gasteiger partial charge in [-0.2, -0.15) is 0 Å². The second kappa shape index (κ2) is 6.81. The zero-order chi connectivity index (χ0) is 17.1. The smallest absolute Gasteiger partial charge is 0.242 e. The molecule has 0 bridgehead atoms. The van der Waals surface area contributed by atoms with Crippen molar-refractivity contribution < 1.29 is 23.9 Å². The Morgan fingerprint density at radius 3 is 2.50 bits per heavy atom. The first-order valence-electron chi connectivity index (χ1n) is 7.72. The predicted octanol–water partition coefficient (Wildman–Crippen LogP) is -0.386. The van der Waals surface area contributed by atoms with Crippen LogP contribution in [0.25, 0.3) is 0 Å². The molecule has 1 unspecified atom stereocenters. The van der Waals surface area contributed by atoms with Gasteiger partial charge in [0, 0.05) is 37.9 Å². The molecule has 0 spiro atoms. The minimum absolute atomic E-state index is 0.188. The molecule has 1 aromatic rings. The molecule has 0 radical (unpaired) electrons. The number of aromatic nitrogens is 2. The van der Waals surface area contributed by atoms with E-state index in [-0.39, 0.29) is 43.2 Å². The van der Waals surface area contributed by atoms with Crippen LogP contribution >= 0.6 is 0 Å². The minimum Gasteiger partial charge on any atom is -0.480 e. The van der Waals surface area contributed by atoms with Crippen LogP contribution in [-0.4, -0.2) is 70.6 Å². The Morgan fingerprint density at radius 2 is 1.88 bits per heavy atom. The number of amides is 3. The Morgan fingerprint density at radius 1 is 1.21 bits per heavy atom. The first kappa shape index (κ1) is 16.2. The van der Waals surface area contributed by atoms with E-state index in [9.17, 15) is 14.4 Å². The first-order chi connectivity index (χ1) is 11.6. The van der Waals surface area contributed by atoms with Gasteiger partial charge >= 0.3 is 0 Å². The van der Waals surface area contributed by atoms with Crippen LogP contribution in [0.5, 0.6) is 11.8 Å². The van der Waals surface area contributed by atoms with Gasteiger partial charge in [-0.15, -0.1) is 10.2 Å². The zero-order valence-corrected chi connectivity index (χ0v) is 13.3. The van der Waals surface area contributed by atoms with E-state index in [2.05, 4.69) is 10.2 Å². The van der Waals surface area contributed by atoms with Crippen molar-refractivity contribution in [2.45, 2.75) is 25.4 Å². The molecule has 2 saturated heterocycles. The summed E-state index contributed by atoms with van der Waals surface area (Å²) < 4.78 is 10.6. The Kier molecular flexibility index (Phi) is 4.59. The van der Waals surface area contributed by atoms with Gasteiger partial charge in [0.25, 0.3) is 0 Å². The van der Waals surface area contributed by atoms with Crippen molar-refractivity contribution in [2.75, 3.05) is 26.7 Å². The summed E-state index contributed by atoms with van der Waals surface area (Å²) in [4.78, 5) is 38.0. The molecule has 0 aromatic carbocycles. The van der Waals surface area contributed by atoms with Crippen LogP contribution < -0.4 is 9.47 Å². The molecule has 0 aliphatic carbocycles. The van der Waals surface area contributed by atoms with Gasteiger partial charge in [0.1, 0.15) is 12.6 Å². The molecule has 2 aliphatic heterocycles. The second-order valence-corrected chi connectivity index (χ2v) is 5.66. The molecule has 3 amide bonds. The maximum absolute atomic E-state index is 12.3. The third-order valence-corrected chi connectivity index (χ3v) is 4.06. The third kappa shape index (κ3) is 3.44. The summed E-state index contributed by atoms with van der Waals surface area (Å²) in [6, 6.07) is 3.29. The van der Waals surface area contributed by atoms with E-state index in [1.807, 2.05) is 0 Å². The summed E-state index contributed by atoms with van der Waals surface area (Å²) >= 11 is 0. The highest BCUT2D eigenvalue weighted by atomic mass is 16.5. The van der Waals surface area contributed by atoms with Crippen molar-refractivity contribution in [1.82, 2.24) is 20.0 Å². The quantitative estimate of drug-likeness (QED) is 0.676. The third-order valence-electron chi connectivity index (χ3n) is 4.06. The normalized spacial score (nSPS) is 20.6. The van der Waals surface area contributed by atoms with E-state index in [1.165, 1.54) is 7.11 Å². The maximum atomic E-state index is 12.3. The number of hydrogen-bond donors (Lipinski definition) is 0. The molecule has 3 heterocycles. The molecule has 9 heteroatoms. The molecule has 128 valence electrons. The molecule has 1 aromatic heterocycles. The van der Waals surface area contributed by atoms with Crippen molar-refractivity contribution in [2.24, 2.45) is 0 Å². The highest BCUT2D eigenvalue weighted by Gasteiger charge is 2.34. The summed E-state index contributed by atoms with van der Waals surface area (Å²) in [5, 5.41) is 7.71. The lowest BCUT2D eigenvalue weighted by atomic mass is 10.3. The van der Waals surface area contributed by atoms with Crippen molar-refractivity contribution in [1.29, 1.82) is 0 Å². The zero-order valence-electron chi connectivity index (χ0n) is 13.3. The second-order valence-electron chi connectivity index (χ2n) is 5.66. The van der Waals surface area contributed by atoms with E-state index >= 15 is 0 Å². The number of imide groups is 1. The lowest BCUT2D eigenvalue weighted by Crippen LogP contribution is -2.42. The number of carbonyl (C=O) groups excluding carboxylic acids is 3. The Labute approximate surface area is 138 Å².